The predicted octanol–water partition coefficient (Wildman–Crippen LogP) is 5.44. The number of anilines is 3. The minimum absolute atomic E-state index is 0.148. The summed E-state index contributed by atoms with van der Waals surface area (Å²) in [6.07, 6.45) is 0.885. The average Bonchev–Trinajstić information content (AvgIpc) is 2.88. The van der Waals surface area contributed by atoms with Crippen LogP contribution in [-0.4, -0.2) is 47.0 Å². The molecule has 3 rings (SSSR count). The Morgan fingerprint density at radius 3 is 2.28 bits per heavy atom. The van der Waals surface area contributed by atoms with Gasteiger partial charge in [0.05, 0.1) is 16.9 Å². The van der Waals surface area contributed by atoms with Crippen LogP contribution in [-0.2, 0) is 9.59 Å². The second-order valence-electron chi connectivity index (χ2n) is 8.40. The minimum Gasteiger partial charge on any atom is -0.457 e. The van der Waals surface area contributed by atoms with Crippen molar-refractivity contribution in [2.24, 2.45) is 0 Å². The third kappa shape index (κ3) is 9.24. The second-order valence-corrected chi connectivity index (χ2v) is 8.80. The molecule has 0 spiro atoms. The van der Waals surface area contributed by atoms with Crippen molar-refractivity contribution in [3.05, 3.63) is 71.6 Å². The van der Waals surface area contributed by atoms with E-state index < -0.39 is 30.1 Å². The molecule has 3 aromatic rings. The van der Waals surface area contributed by atoms with Crippen LogP contribution < -0.4 is 26.0 Å². The number of carbonyl (C=O) groups excluding carboxylic acids is 3. The number of nitrogens with zero attached hydrogens (tertiary/aromatic N) is 2. The van der Waals surface area contributed by atoms with Crippen LogP contribution in [0.4, 0.5) is 26.4 Å². The Labute approximate surface area is 230 Å². The summed E-state index contributed by atoms with van der Waals surface area (Å²) >= 11 is 6.31. The van der Waals surface area contributed by atoms with E-state index in [1.54, 1.807) is 18.2 Å². The van der Waals surface area contributed by atoms with Gasteiger partial charge in [-0.1, -0.05) is 25.4 Å². The molecule has 1 unspecified atom stereocenters. The average molecular weight is 557 g/mol. The summed E-state index contributed by atoms with van der Waals surface area (Å²) in [5, 5.41) is 10.8. The van der Waals surface area contributed by atoms with E-state index in [-0.39, 0.29) is 11.2 Å². The number of ether oxygens (including phenoxy) is 1. The van der Waals surface area contributed by atoms with Gasteiger partial charge in [-0.2, -0.15) is 0 Å². The molecule has 4 N–H and O–H groups in total. The molecule has 4 amide bonds. The number of nitrogens with one attached hydrogen (secondary N) is 4. The van der Waals surface area contributed by atoms with Gasteiger partial charge in [0.25, 0.3) is 0 Å². The summed E-state index contributed by atoms with van der Waals surface area (Å²) < 4.78 is 18.8. The quantitative estimate of drug-likeness (QED) is 0.184. The summed E-state index contributed by atoms with van der Waals surface area (Å²) in [5.41, 5.74) is 0.665. The maximum atomic E-state index is 13.0. The van der Waals surface area contributed by atoms with E-state index >= 15 is 0 Å². The van der Waals surface area contributed by atoms with Gasteiger partial charge in [0.15, 0.2) is 0 Å². The van der Waals surface area contributed by atoms with Crippen LogP contribution in [0.2, 0.25) is 5.02 Å². The normalized spacial score (nSPS) is 11.4. The van der Waals surface area contributed by atoms with Gasteiger partial charge in [0.1, 0.15) is 29.6 Å². The zero-order valence-corrected chi connectivity index (χ0v) is 22.5. The van der Waals surface area contributed by atoms with Crippen molar-refractivity contribution in [2.45, 2.75) is 33.4 Å². The first-order valence-corrected chi connectivity index (χ1v) is 12.6. The van der Waals surface area contributed by atoms with E-state index in [4.69, 9.17) is 16.3 Å². The van der Waals surface area contributed by atoms with E-state index in [9.17, 15) is 18.8 Å². The van der Waals surface area contributed by atoms with Gasteiger partial charge in [0, 0.05) is 24.0 Å². The Morgan fingerprint density at radius 1 is 0.949 bits per heavy atom. The molecule has 1 aromatic heterocycles. The lowest BCUT2D eigenvalue weighted by Crippen LogP contribution is -2.47. The summed E-state index contributed by atoms with van der Waals surface area (Å²) in [4.78, 5) is 43.0. The molecular formula is C27H30ClFN6O4. The van der Waals surface area contributed by atoms with Crippen molar-refractivity contribution in [1.29, 1.82) is 0 Å². The smallest absolute Gasteiger partial charge is 0.321 e. The van der Waals surface area contributed by atoms with Gasteiger partial charge in [-0.25, -0.2) is 14.2 Å². The van der Waals surface area contributed by atoms with Crippen molar-refractivity contribution in [1.82, 2.24) is 15.2 Å². The second kappa shape index (κ2) is 14.1. The molecule has 206 valence electrons. The van der Waals surface area contributed by atoms with Crippen LogP contribution >= 0.6 is 11.6 Å². The van der Waals surface area contributed by atoms with Gasteiger partial charge in [-0.05, 0) is 62.5 Å². The van der Waals surface area contributed by atoms with Crippen LogP contribution in [0.25, 0.3) is 0 Å². The molecule has 0 bridgehead atoms. The number of hydrogen-bond donors (Lipinski definition) is 4. The number of benzene rings is 2. The van der Waals surface area contributed by atoms with Gasteiger partial charge in [-0.3, -0.25) is 19.8 Å². The molecule has 0 saturated carbocycles. The number of aromatic nitrogens is 1. The molecular weight excluding hydrogens is 527 g/mol. The molecule has 1 heterocycles. The first-order valence-electron chi connectivity index (χ1n) is 12.3. The molecule has 1 atom stereocenters. The monoisotopic (exact) mass is 556 g/mol. The zero-order valence-electron chi connectivity index (χ0n) is 21.8. The van der Waals surface area contributed by atoms with E-state index in [2.05, 4.69) is 31.2 Å². The molecule has 39 heavy (non-hydrogen) atoms. The molecule has 0 aliphatic heterocycles. The number of hydrogen-bond acceptors (Lipinski definition) is 6. The molecule has 12 heteroatoms. The van der Waals surface area contributed by atoms with Crippen molar-refractivity contribution in [3.63, 3.8) is 0 Å². The summed E-state index contributed by atoms with van der Waals surface area (Å²) in [6.45, 7) is 7.54. The molecule has 2 aromatic carbocycles. The molecule has 0 fully saturated rings. The highest BCUT2D eigenvalue weighted by Gasteiger charge is 2.15. The fourth-order valence-corrected chi connectivity index (χ4v) is 3.84. The third-order valence-corrected chi connectivity index (χ3v) is 5.89. The van der Waals surface area contributed by atoms with Crippen LogP contribution in [0.3, 0.4) is 0 Å². The van der Waals surface area contributed by atoms with Crippen LogP contribution in [0, 0.1) is 5.82 Å². The van der Waals surface area contributed by atoms with Crippen LogP contribution in [0.15, 0.2) is 60.8 Å². The Morgan fingerprint density at radius 2 is 1.62 bits per heavy atom. The van der Waals surface area contributed by atoms with Crippen LogP contribution in [0.5, 0.6) is 11.5 Å². The molecule has 0 saturated heterocycles. The van der Waals surface area contributed by atoms with Gasteiger partial charge >= 0.3 is 6.03 Å². The van der Waals surface area contributed by atoms with E-state index in [1.807, 2.05) is 20.8 Å². The van der Waals surface area contributed by atoms with E-state index in [1.165, 1.54) is 42.6 Å². The highest BCUT2D eigenvalue weighted by molar-refractivity contribution is 6.34. The Hall–Kier alpha value is -4.22. The highest BCUT2D eigenvalue weighted by atomic mass is 35.5. The van der Waals surface area contributed by atoms with E-state index in [0.717, 1.165) is 13.1 Å². The van der Waals surface area contributed by atoms with Crippen molar-refractivity contribution < 1.29 is 23.5 Å². The maximum absolute atomic E-state index is 13.0. The fourth-order valence-electron chi connectivity index (χ4n) is 3.62. The number of pyridine rings is 1. The lowest BCUT2D eigenvalue weighted by molar-refractivity contribution is -0.123. The van der Waals surface area contributed by atoms with E-state index in [0.29, 0.717) is 28.7 Å². The van der Waals surface area contributed by atoms with Crippen molar-refractivity contribution >= 4 is 46.6 Å². The SMILES string of the molecule is CCN(CC)C(C)NC(=O)Nc1cc(Oc2ccc(NC(=O)CC(=O)Nc3ccc(F)cc3)c(Cl)c2)ccn1. The van der Waals surface area contributed by atoms with Crippen molar-refractivity contribution in [2.75, 3.05) is 29.0 Å². The van der Waals surface area contributed by atoms with Gasteiger partial charge < -0.3 is 20.7 Å². The third-order valence-electron chi connectivity index (χ3n) is 5.57. The summed E-state index contributed by atoms with van der Waals surface area (Å²) in [5.74, 6) is -0.494. The number of urea groups is 1. The molecule has 0 aliphatic carbocycles. The predicted molar refractivity (Wildman–Crippen MR) is 149 cm³/mol. The maximum Gasteiger partial charge on any atom is 0.321 e. The van der Waals surface area contributed by atoms with Crippen LogP contribution in [0.1, 0.15) is 27.2 Å². The molecule has 10 nitrogen and oxygen atoms in total. The number of rotatable bonds is 11. The van der Waals surface area contributed by atoms with Crippen molar-refractivity contribution in [3.8, 4) is 11.5 Å². The summed E-state index contributed by atoms with van der Waals surface area (Å²) in [6, 6.07) is 12.6. The first-order chi connectivity index (χ1) is 18.7. The Bertz CT molecular complexity index is 1300. The lowest BCUT2D eigenvalue weighted by atomic mass is 10.2. The highest BCUT2D eigenvalue weighted by Crippen LogP contribution is 2.30. The largest absolute Gasteiger partial charge is 0.457 e. The first kappa shape index (κ1) is 29.3. The number of halogens is 2. The number of carbonyl (C=O) groups is 3. The van der Waals surface area contributed by atoms with Gasteiger partial charge in [-0.15, -0.1) is 0 Å². The zero-order chi connectivity index (χ0) is 28.4. The van der Waals surface area contributed by atoms with Gasteiger partial charge in [0.2, 0.25) is 11.8 Å². The molecule has 0 radical (unpaired) electrons. The summed E-state index contributed by atoms with van der Waals surface area (Å²) in [7, 11) is 0. The molecule has 0 aliphatic rings. The Balaban J connectivity index is 1.54. The minimum atomic E-state index is -0.580. The topological polar surface area (TPSA) is 125 Å². The standard InChI is InChI=1S/C27H30ClFN6O4/c1-4-35(5-2)17(3)31-27(38)34-24-15-21(12-13-30-24)39-20-10-11-23(22(28)14-20)33-26(37)16-25(36)32-19-8-6-18(29)7-9-19/h6-15,17H,4-5,16H2,1-3H3,(H,32,36)(H,33,37)(H2,30,31,34,38). The number of amides is 4. The Kier molecular flexibility index (Phi) is 10.6. The lowest BCUT2D eigenvalue weighted by Gasteiger charge is -2.26. The fraction of sp³-hybridized carbons (Fsp3) is 0.259.